The molecular formula is C17H29F3N2O6S2. The second kappa shape index (κ2) is 9.29. The maximum atomic E-state index is 12.5. The number of nitrogens with zero attached hydrogens (tertiary/aromatic N) is 2. The zero-order valence-corrected chi connectivity index (χ0v) is 18.6. The van der Waals surface area contributed by atoms with Crippen LogP contribution in [0.15, 0.2) is 0 Å². The van der Waals surface area contributed by atoms with E-state index in [-0.39, 0.29) is 17.0 Å². The molecule has 0 aromatic heterocycles. The largest absolute Gasteiger partial charge is 0.490 e. The monoisotopic (exact) mass is 478 g/mol. The summed E-state index contributed by atoms with van der Waals surface area (Å²) < 4.78 is 83.3. The van der Waals surface area contributed by atoms with Gasteiger partial charge in [-0.1, -0.05) is 13.8 Å². The van der Waals surface area contributed by atoms with Gasteiger partial charge in [-0.05, 0) is 31.6 Å². The van der Waals surface area contributed by atoms with Crippen molar-refractivity contribution in [2.24, 2.45) is 5.92 Å². The molecule has 2 aliphatic heterocycles. The highest BCUT2D eigenvalue weighted by Gasteiger charge is 2.46. The number of hydrogen-bond acceptors (Lipinski definition) is 6. The van der Waals surface area contributed by atoms with E-state index in [1.165, 1.54) is 0 Å². The highest BCUT2D eigenvalue weighted by Crippen LogP contribution is 2.34. The van der Waals surface area contributed by atoms with Gasteiger partial charge in [-0.3, -0.25) is 4.90 Å². The molecule has 2 atom stereocenters. The summed E-state index contributed by atoms with van der Waals surface area (Å²) in [4.78, 5) is 11.2. The van der Waals surface area contributed by atoms with Crippen molar-refractivity contribution >= 4 is 25.8 Å². The van der Waals surface area contributed by atoms with Crippen molar-refractivity contribution in [3.05, 3.63) is 0 Å². The molecule has 2 heterocycles. The number of rotatable bonds is 4. The van der Waals surface area contributed by atoms with Gasteiger partial charge in [0.1, 0.15) is 0 Å². The molecule has 0 unspecified atom stereocenters. The van der Waals surface area contributed by atoms with Crippen LogP contribution in [0.4, 0.5) is 13.2 Å². The maximum Gasteiger partial charge on any atom is 0.490 e. The first-order valence-corrected chi connectivity index (χ1v) is 13.1. The smallest absolute Gasteiger partial charge is 0.475 e. The summed E-state index contributed by atoms with van der Waals surface area (Å²) in [6.45, 7) is 6.55. The highest BCUT2D eigenvalue weighted by atomic mass is 32.2. The van der Waals surface area contributed by atoms with Crippen LogP contribution in [0.1, 0.15) is 39.5 Å². The Morgan fingerprint density at radius 3 is 2.10 bits per heavy atom. The van der Waals surface area contributed by atoms with E-state index in [0.29, 0.717) is 38.4 Å². The second-order valence-corrected chi connectivity index (χ2v) is 12.9. The number of alkyl halides is 3. The Morgan fingerprint density at radius 1 is 1.10 bits per heavy atom. The van der Waals surface area contributed by atoms with Crippen LogP contribution in [-0.2, 0) is 24.7 Å². The second-order valence-electron chi connectivity index (χ2n) is 8.39. The Bertz CT molecular complexity index is 825. The lowest BCUT2D eigenvalue weighted by molar-refractivity contribution is -0.192. The Morgan fingerprint density at radius 2 is 1.63 bits per heavy atom. The molecule has 3 rings (SSSR count). The standard InChI is InChI=1S/C15H28N2O4S2.C2HF3O2/c1-12(2)11-16-9-10-22(18,19)15-6-8-17(7-5-14(15)16)23(20,21)13-3-4-13;3-2(4,5)1(6)7/h12-15H,3-11H2,1-2H3;(H,6,7)/t14-,15+;/m0./s1. The summed E-state index contributed by atoms with van der Waals surface area (Å²) in [5.41, 5.74) is 0. The average molecular weight is 479 g/mol. The van der Waals surface area contributed by atoms with Gasteiger partial charge in [0, 0.05) is 32.2 Å². The fraction of sp³-hybridized carbons (Fsp3) is 0.941. The number of hydrogen-bond donors (Lipinski definition) is 1. The van der Waals surface area contributed by atoms with Crippen molar-refractivity contribution in [1.29, 1.82) is 0 Å². The predicted molar refractivity (Wildman–Crippen MR) is 104 cm³/mol. The van der Waals surface area contributed by atoms with Gasteiger partial charge < -0.3 is 5.11 Å². The van der Waals surface area contributed by atoms with E-state index in [4.69, 9.17) is 9.90 Å². The van der Waals surface area contributed by atoms with Crippen molar-refractivity contribution < 1.29 is 39.9 Å². The number of carbonyl (C=O) groups is 1. The minimum absolute atomic E-state index is 0.0319. The normalized spacial score (nSPS) is 28.2. The van der Waals surface area contributed by atoms with E-state index in [2.05, 4.69) is 18.7 Å². The molecule has 0 bridgehead atoms. The number of sulfone groups is 1. The number of carboxylic acid groups (broad SMARTS) is 1. The molecular weight excluding hydrogens is 449 g/mol. The first kappa shape index (κ1) is 25.3. The number of carboxylic acids is 1. The van der Waals surface area contributed by atoms with E-state index < -0.39 is 37.3 Å². The molecule has 3 aliphatic rings. The molecule has 0 spiro atoms. The topological polar surface area (TPSA) is 112 Å². The Hall–Kier alpha value is -0.920. The van der Waals surface area contributed by atoms with Gasteiger partial charge in [0.05, 0.1) is 16.3 Å². The molecule has 0 amide bonds. The molecule has 0 aromatic rings. The summed E-state index contributed by atoms with van der Waals surface area (Å²) in [5.74, 6) is -2.07. The van der Waals surface area contributed by atoms with Gasteiger partial charge in [0.25, 0.3) is 0 Å². The molecule has 2 saturated heterocycles. The van der Waals surface area contributed by atoms with Crippen molar-refractivity contribution in [3.63, 3.8) is 0 Å². The molecule has 8 nitrogen and oxygen atoms in total. The van der Waals surface area contributed by atoms with Crippen LogP contribution in [0, 0.1) is 5.92 Å². The van der Waals surface area contributed by atoms with Crippen LogP contribution in [0.3, 0.4) is 0 Å². The molecule has 30 heavy (non-hydrogen) atoms. The van der Waals surface area contributed by atoms with Gasteiger partial charge in [-0.25, -0.2) is 25.9 Å². The van der Waals surface area contributed by atoms with Crippen LogP contribution in [0.2, 0.25) is 0 Å². The van der Waals surface area contributed by atoms with Crippen LogP contribution in [0.25, 0.3) is 0 Å². The van der Waals surface area contributed by atoms with Crippen LogP contribution >= 0.6 is 0 Å². The first-order valence-electron chi connectivity index (χ1n) is 9.91. The average Bonchev–Trinajstić information content (AvgIpc) is 3.42. The minimum atomic E-state index is -5.08. The van der Waals surface area contributed by atoms with Crippen molar-refractivity contribution in [2.75, 3.05) is 31.9 Å². The lowest BCUT2D eigenvalue weighted by Gasteiger charge is -2.40. The maximum absolute atomic E-state index is 12.5. The Kier molecular flexibility index (Phi) is 7.85. The molecule has 1 aliphatic carbocycles. The van der Waals surface area contributed by atoms with Crippen molar-refractivity contribution in [3.8, 4) is 0 Å². The quantitative estimate of drug-likeness (QED) is 0.649. The SMILES string of the molecule is CC(C)CN1CCS(=O)(=O)[C@@H]2CCN(S(=O)(=O)C3CC3)CC[C@@H]21.O=C(O)C(F)(F)F. The zero-order valence-electron chi connectivity index (χ0n) is 17.0. The van der Waals surface area contributed by atoms with Gasteiger partial charge in [0.15, 0.2) is 9.84 Å². The summed E-state index contributed by atoms with van der Waals surface area (Å²) >= 11 is 0. The third-order valence-corrected chi connectivity index (χ3v) is 10.1. The zero-order chi connectivity index (χ0) is 22.9. The molecule has 3 fully saturated rings. The van der Waals surface area contributed by atoms with E-state index >= 15 is 0 Å². The molecule has 0 radical (unpaired) electrons. The van der Waals surface area contributed by atoms with Gasteiger partial charge in [0.2, 0.25) is 10.0 Å². The third kappa shape index (κ3) is 6.30. The highest BCUT2D eigenvalue weighted by molar-refractivity contribution is 7.92. The molecule has 1 N–H and O–H groups in total. The van der Waals surface area contributed by atoms with Crippen LogP contribution in [-0.4, -0.2) is 91.8 Å². The van der Waals surface area contributed by atoms with E-state index in [0.717, 1.165) is 19.4 Å². The van der Waals surface area contributed by atoms with Crippen LogP contribution in [0.5, 0.6) is 0 Å². The van der Waals surface area contributed by atoms with Gasteiger partial charge >= 0.3 is 12.1 Å². The summed E-state index contributed by atoms with van der Waals surface area (Å²) in [6, 6.07) is -0.0319. The summed E-state index contributed by atoms with van der Waals surface area (Å²) in [6.07, 6.45) is -2.51. The van der Waals surface area contributed by atoms with E-state index in [9.17, 15) is 30.0 Å². The van der Waals surface area contributed by atoms with Gasteiger partial charge in [-0.15, -0.1) is 0 Å². The number of sulfonamides is 1. The summed E-state index contributed by atoms with van der Waals surface area (Å²) in [7, 11) is -6.33. The lowest BCUT2D eigenvalue weighted by atomic mass is 10.0. The molecule has 1 saturated carbocycles. The fourth-order valence-corrected chi connectivity index (χ4v) is 7.88. The first-order chi connectivity index (χ1) is 13.7. The van der Waals surface area contributed by atoms with Crippen LogP contribution < -0.4 is 0 Å². The molecule has 0 aromatic carbocycles. The van der Waals surface area contributed by atoms with Crippen molar-refractivity contribution in [1.82, 2.24) is 9.21 Å². The Balaban J connectivity index is 0.000000396. The molecule has 13 heteroatoms. The minimum Gasteiger partial charge on any atom is -0.475 e. The predicted octanol–water partition coefficient (Wildman–Crippen LogP) is 1.33. The number of aliphatic carboxylic acids is 1. The van der Waals surface area contributed by atoms with E-state index in [1.54, 1.807) is 4.31 Å². The number of halogens is 3. The Labute approximate surface area is 175 Å². The van der Waals surface area contributed by atoms with Gasteiger partial charge in [-0.2, -0.15) is 13.2 Å². The lowest BCUT2D eigenvalue weighted by Crippen LogP contribution is -2.55. The molecule has 176 valence electrons. The van der Waals surface area contributed by atoms with E-state index in [1.807, 2.05) is 0 Å². The third-order valence-electron chi connectivity index (χ3n) is 5.51. The van der Waals surface area contributed by atoms with Crippen molar-refractivity contribution in [2.45, 2.75) is 62.2 Å². The number of fused-ring (bicyclic) bond motifs is 1. The summed E-state index contributed by atoms with van der Waals surface area (Å²) in [5, 5.41) is 6.50. The fourth-order valence-electron chi connectivity index (χ4n) is 3.96.